The van der Waals surface area contributed by atoms with Gasteiger partial charge in [-0.15, -0.1) is 0 Å². The number of aromatic nitrogens is 2. The number of unbranched alkanes of at least 4 members (excludes halogenated alkanes) is 1. The van der Waals surface area contributed by atoms with Crippen LogP contribution in [0.25, 0.3) is 0 Å². The van der Waals surface area contributed by atoms with Gasteiger partial charge in [0, 0.05) is 41.9 Å². The van der Waals surface area contributed by atoms with E-state index < -0.39 is 42.5 Å². The van der Waals surface area contributed by atoms with Gasteiger partial charge in [-0.05, 0) is 83.4 Å². The third-order valence-electron chi connectivity index (χ3n) is 9.86. The van der Waals surface area contributed by atoms with Gasteiger partial charge in [-0.3, -0.25) is 24.2 Å². The number of nitrogens with one attached hydrogen (secondary N) is 3. The second-order valence-electron chi connectivity index (χ2n) is 14.1. The lowest BCUT2D eigenvalue weighted by Gasteiger charge is -2.78. The Hall–Kier alpha value is -4.22. The van der Waals surface area contributed by atoms with Crippen LogP contribution in [0.1, 0.15) is 67.6 Å². The Morgan fingerprint density at radius 3 is 2.42 bits per heavy atom. The molecule has 15 heteroatoms. The number of hydrogen-bond acceptors (Lipinski definition) is 9. The van der Waals surface area contributed by atoms with Gasteiger partial charge in [0.15, 0.2) is 0 Å². The fourth-order valence-corrected chi connectivity index (χ4v) is 7.61. The van der Waals surface area contributed by atoms with Crippen LogP contribution in [0.3, 0.4) is 0 Å². The van der Waals surface area contributed by atoms with Crippen LogP contribution in [0, 0.1) is 9.49 Å². The number of halogens is 1. The summed E-state index contributed by atoms with van der Waals surface area (Å²) in [7, 11) is 0.505. The molecule has 4 atom stereocenters. The molecular formula is C38H47BIN6O7. The first-order chi connectivity index (χ1) is 25.5. The average Bonchev–Trinajstić information content (AvgIpc) is 3.14. The van der Waals surface area contributed by atoms with Crippen LogP contribution in [-0.4, -0.2) is 95.3 Å². The van der Waals surface area contributed by atoms with Gasteiger partial charge in [-0.1, -0.05) is 62.7 Å². The van der Waals surface area contributed by atoms with E-state index in [0.29, 0.717) is 38.8 Å². The van der Waals surface area contributed by atoms with Crippen molar-refractivity contribution in [1.82, 2.24) is 25.9 Å². The first kappa shape index (κ1) is 40.0. The predicted octanol–water partition coefficient (Wildman–Crippen LogP) is 3.20. The van der Waals surface area contributed by atoms with Crippen LogP contribution >= 0.6 is 22.6 Å². The smallest absolute Gasteiger partial charge is 0.398 e. The molecule has 2 unspecified atom stereocenters. The Kier molecular flexibility index (Phi) is 13.7. The molecule has 2 fully saturated rings. The van der Waals surface area contributed by atoms with Crippen molar-refractivity contribution in [1.29, 1.82) is 0 Å². The molecule has 2 saturated heterocycles. The van der Waals surface area contributed by atoms with Gasteiger partial charge in [0.1, 0.15) is 18.3 Å². The number of quaternary nitrogens is 1. The average molecular weight is 838 g/mol. The molecule has 3 N–H and O–H groups in total. The molecule has 53 heavy (non-hydrogen) atoms. The van der Waals surface area contributed by atoms with E-state index in [-0.39, 0.29) is 40.7 Å². The normalized spacial score (nSPS) is 20.3. The molecule has 1 aromatic heterocycles. The number of carbonyl (C=O) groups excluding carboxylic acids is 5. The number of amides is 3. The largest absolute Gasteiger partial charge is 0.497 e. The number of nitrogens with zero attached hydrogens (tertiary/aromatic N) is 3. The fraction of sp³-hybridized carbons (Fsp3) is 0.447. The summed E-state index contributed by atoms with van der Waals surface area (Å²) in [5, 5.41) is 8.93. The summed E-state index contributed by atoms with van der Waals surface area (Å²) in [6.07, 6.45) is 8.07. The second kappa shape index (κ2) is 18.2. The zero-order valence-electron chi connectivity index (χ0n) is 30.4. The number of aryl methyl sites for hydroxylation is 1. The fourth-order valence-electron chi connectivity index (χ4n) is 7.26. The minimum absolute atomic E-state index is 0.00452. The monoisotopic (exact) mass is 837 g/mol. The summed E-state index contributed by atoms with van der Waals surface area (Å²) < 4.78 is 12.5. The maximum Gasteiger partial charge on any atom is 0.398 e. The first-order valence-corrected chi connectivity index (χ1v) is 19.2. The number of Topliss-reactive ketones (excluding diaryl/α,β-unsaturated/α-hetero) is 1. The van der Waals surface area contributed by atoms with Gasteiger partial charge >= 0.3 is 13.0 Å². The van der Waals surface area contributed by atoms with Crippen molar-refractivity contribution in [3.05, 3.63) is 93.6 Å². The van der Waals surface area contributed by atoms with Crippen molar-refractivity contribution >= 4 is 59.1 Å². The maximum absolute atomic E-state index is 14.1. The van der Waals surface area contributed by atoms with Crippen LogP contribution in [0.2, 0.25) is 0 Å². The number of hydrogen-bond donors (Lipinski definition) is 3. The van der Waals surface area contributed by atoms with Gasteiger partial charge in [0.2, 0.25) is 11.8 Å². The number of ether oxygens (including phenoxy) is 1. The van der Waals surface area contributed by atoms with Crippen LogP contribution in [0.15, 0.2) is 73.2 Å². The Bertz CT molecular complexity index is 1750. The molecule has 0 spiro atoms. The van der Waals surface area contributed by atoms with E-state index in [4.69, 9.17) is 9.39 Å². The number of rotatable bonds is 19. The molecule has 3 aromatic rings. The minimum Gasteiger partial charge on any atom is -0.497 e. The third kappa shape index (κ3) is 9.30. The van der Waals surface area contributed by atoms with Crippen molar-refractivity contribution in [3.8, 4) is 0 Å². The molecule has 0 aliphatic carbocycles. The van der Waals surface area contributed by atoms with E-state index in [1.165, 1.54) is 34.8 Å². The number of methoxy groups -OCH3 is 1. The molecule has 3 amide bonds. The number of esters is 1. The Morgan fingerprint density at radius 2 is 1.75 bits per heavy atom. The lowest BCUT2D eigenvalue weighted by Crippen LogP contribution is -3.00. The molecule has 2 aliphatic heterocycles. The Balaban J connectivity index is 1.25. The van der Waals surface area contributed by atoms with Crippen molar-refractivity contribution < 1.29 is 37.8 Å². The lowest BCUT2D eigenvalue weighted by atomic mass is 9.53. The zero-order chi connectivity index (χ0) is 38.0. The second-order valence-corrected chi connectivity index (χ2v) is 15.3. The van der Waals surface area contributed by atoms with E-state index in [2.05, 4.69) is 72.8 Å². The van der Waals surface area contributed by atoms with E-state index in [0.717, 1.165) is 18.4 Å². The molecule has 281 valence electrons. The molecule has 3 heterocycles. The maximum atomic E-state index is 14.1. The minimum atomic E-state index is -1.79. The quantitative estimate of drug-likeness (QED) is 0.0541. The van der Waals surface area contributed by atoms with E-state index in [1.807, 2.05) is 44.2 Å². The highest BCUT2D eigenvalue weighted by atomic mass is 127. The summed E-state index contributed by atoms with van der Waals surface area (Å²) in [5.41, 5.74) is 0.320. The molecule has 0 saturated carbocycles. The highest BCUT2D eigenvalue weighted by Crippen LogP contribution is 2.51. The van der Waals surface area contributed by atoms with Gasteiger partial charge in [0.05, 0.1) is 13.3 Å². The van der Waals surface area contributed by atoms with Crippen molar-refractivity contribution in [3.63, 3.8) is 0 Å². The molecule has 2 aromatic carbocycles. The summed E-state index contributed by atoms with van der Waals surface area (Å²) in [6.45, 7) is 4.92. The van der Waals surface area contributed by atoms with E-state index >= 15 is 0 Å². The highest BCUT2D eigenvalue weighted by molar-refractivity contribution is 14.1. The summed E-state index contributed by atoms with van der Waals surface area (Å²) in [6, 6.07) is 16.6. The number of carbonyl (C=O) groups is 5. The lowest BCUT2D eigenvalue weighted by molar-refractivity contribution is -0.954. The molecule has 13 nitrogen and oxygen atoms in total. The Labute approximate surface area is 324 Å². The van der Waals surface area contributed by atoms with Crippen LogP contribution in [-0.2, 0) is 41.4 Å². The molecule has 5 rings (SSSR count). The highest BCUT2D eigenvalue weighted by Gasteiger charge is 2.78. The third-order valence-corrected chi connectivity index (χ3v) is 10.6. The van der Waals surface area contributed by atoms with E-state index in [1.54, 1.807) is 0 Å². The topological polar surface area (TPSA) is 166 Å². The van der Waals surface area contributed by atoms with Crippen molar-refractivity contribution in [2.45, 2.75) is 76.5 Å². The van der Waals surface area contributed by atoms with Crippen LogP contribution < -0.4 is 16.0 Å². The van der Waals surface area contributed by atoms with E-state index in [9.17, 15) is 24.0 Å². The summed E-state index contributed by atoms with van der Waals surface area (Å²) >= 11 is 2.27. The standard InChI is InChI=1S/C38H46BIN6O7/c1-26(2)22-33(45-35(49)30(23-28-10-5-4-6-11-28)44-36(50)31-24-41-19-20-42-31)39-46(25-32(47)38(46,53-39)37(51)52-3)21-8-7-18-43-34(48)13-9-12-27-14-16-29(40)17-15-27/h4-6,10-11,14-17,19-20,24,26,30,33H,7-9,12-13,18,21-23,25H2,1-3H3,(H2-,43,44,45,48,49,50)/q-1/p+1/t30-,33-,38?,46?/m0/s1. The van der Waals surface area contributed by atoms with Gasteiger partial charge < -0.3 is 29.7 Å². The number of ketones is 1. The SMILES string of the molecule is COC(=O)C12O[B-]([C@H](CC(C)C)NC(=O)[C@H](Cc3ccccc3)NC(=O)c3cnccn3)[N+]1(CCCCNC(=O)CCCc1ccc(I)cc1)CC2=O. The van der Waals surface area contributed by atoms with Crippen molar-refractivity contribution in [2.75, 3.05) is 26.7 Å². The Morgan fingerprint density at radius 1 is 1.00 bits per heavy atom. The first-order valence-electron chi connectivity index (χ1n) is 18.1. The van der Waals surface area contributed by atoms with Gasteiger partial charge in [-0.2, -0.15) is 0 Å². The molecule has 0 bridgehead atoms. The molecule has 1 radical (unpaired) electrons. The van der Waals surface area contributed by atoms with Crippen LogP contribution in [0.5, 0.6) is 0 Å². The predicted molar refractivity (Wildman–Crippen MR) is 206 cm³/mol. The van der Waals surface area contributed by atoms with Crippen molar-refractivity contribution in [2.24, 2.45) is 5.92 Å². The molecule has 2 aliphatic rings. The molecular weight excluding hydrogens is 790 g/mol. The summed E-state index contributed by atoms with van der Waals surface area (Å²) in [4.78, 5) is 74.2. The summed E-state index contributed by atoms with van der Waals surface area (Å²) in [5.74, 6) is -2.63. The van der Waals surface area contributed by atoms with Gasteiger partial charge in [0.25, 0.3) is 17.4 Å². The number of fused-ring (bicyclic) bond motifs is 1. The number of benzene rings is 2. The zero-order valence-corrected chi connectivity index (χ0v) is 32.5. The van der Waals surface area contributed by atoms with Gasteiger partial charge in [-0.25, -0.2) is 9.78 Å². The van der Waals surface area contributed by atoms with Crippen LogP contribution in [0.4, 0.5) is 0 Å².